The lowest BCUT2D eigenvalue weighted by Crippen LogP contribution is -2.37. The molecule has 0 saturated carbocycles. The highest BCUT2D eigenvalue weighted by Crippen LogP contribution is 2.21. The van der Waals surface area contributed by atoms with Gasteiger partial charge in [-0.25, -0.2) is 0 Å². The van der Waals surface area contributed by atoms with E-state index in [1.165, 1.54) is 0 Å². The van der Waals surface area contributed by atoms with Crippen LogP contribution in [0.25, 0.3) is 0 Å². The van der Waals surface area contributed by atoms with Gasteiger partial charge in [-0.15, -0.1) is 0 Å². The molecule has 0 fully saturated rings. The Hall–Kier alpha value is -1.72. The number of rotatable bonds is 6. The van der Waals surface area contributed by atoms with Gasteiger partial charge in [0.15, 0.2) is 0 Å². The fourth-order valence-electron chi connectivity index (χ4n) is 1.48. The van der Waals surface area contributed by atoms with Gasteiger partial charge in [0, 0.05) is 24.7 Å². The van der Waals surface area contributed by atoms with Gasteiger partial charge in [-0.1, -0.05) is 18.2 Å². The Bertz CT molecular complexity index is 393. The second-order valence-electron chi connectivity index (χ2n) is 4.33. The van der Waals surface area contributed by atoms with Gasteiger partial charge in [-0.3, -0.25) is 4.79 Å². The quantitative estimate of drug-likeness (QED) is 0.837. The molecule has 0 heterocycles. The summed E-state index contributed by atoms with van der Waals surface area (Å²) in [5, 5.41) is 5.61. The summed E-state index contributed by atoms with van der Waals surface area (Å²) >= 11 is 0. The molecule has 0 aromatic heterocycles. The molecule has 0 radical (unpaired) electrons. The largest absolute Gasteiger partial charge is 0.389 e. The Labute approximate surface area is 110 Å². The molecule has 2 N–H and O–H groups in total. The normalized spacial score (nSPS) is 12.8. The smallest absolute Gasteiger partial charge is 0.383 e. The van der Waals surface area contributed by atoms with E-state index in [0.29, 0.717) is 6.54 Å². The number of anilines is 1. The standard InChI is InChI=1S/C13H17F3N2O/c1-10(9-17-11-5-3-2-4-6-11)18-12(19)7-8-13(14,15)16/h2-6,10,17H,7-9H2,1H3,(H,18,19)/t10-/m0/s1. The van der Waals surface area contributed by atoms with E-state index in [-0.39, 0.29) is 6.04 Å². The molecule has 0 spiro atoms. The molecule has 6 heteroatoms. The Kier molecular flexibility index (Phi) is 5.66. The number of para-hydroxylation sites is 1. The van der Waals surface area contributed by atoms with E-state index in [9.17, 15) is 18.0 Å². The summed E-state index contributed by atoms with van der Waals surface area (Å²) < 4.78 is 35.8. The zero-order chi connectivity index (χ0) is 14.3. The molecule has 106 valence electrons. The van der Waals surface area contributed by atoms with Gasteiger partial charge in [0.1, 0.15) is 0 Å². The summed E-state index contributed by atoms with van der Waals surface area (Å²) in [5.41, 5.74) is 0.902. The van der Waals surface area contributed by atoms with E-state index in [2.05, 4.69) is 10.6 Å². The average Bonchev–Trinajstić information content (AvgIpc) is 2.34. The van der Waals surface area contributed by atoms with Crippen LogP contribution < -0.4 is 10.6 Å². The molecule has 19 heavy (non-hydrogen) atoms. The van der Waals surface area contributed by atoms with E-state index < -0.39 is 24.9 Å². The predicted octanol–water partition coefficient (Wildman–Crippen LogP) is 2.95. The van der Waals surface area contributed by atoms with Crippen LogP contribution in [0.3, 0.4) is 0 Å². The molecule has 1 aromatic rings. The van der Waals surface area contributed by atoms with Crippen molar-refractivity contribution in [1.82, 2.24) is 5.32 Å². The van der Waals surface area contributed by atoms with Crippen LogP contribution in [0.5, 0.6) is 0 Å². The van der Waals surface area contributed by atoms with Crippen molar-refractivity contribution in [3.63, 3.8) is 0 Å². The van der Waals surface area contributed by atoms with Gasteiger partial charge in [0.25, 0.3) is 0 Å². The molecule has 3 nitrogen and oxygen atoms in total. The van der Waals surface area contributed by atoms with Crippen molar-refractivity contribution in [1.29, 1.82) is 0 Å². The maximum atomic E-state index is 11.9. The van der Waals surface area contributed by atoms with Crippen LogP contribution >= 0.6 is 0 Å². The van der Waals surface area contributed by atoms with Gasteiger partial charge < -0.3 is 10.6 Å². The maximum Gasteiger partial charge on any atom is 0.389 e. The second-order valence-corrected chi connectivity index (χ2v) is 4.33. The molecule has 0 saturated heterocycles. The number of hydrogen-bond donors (Lipinski definition) is 2. The average molecular weight is 274 g/mol. The minimum absolute atomic E-state index is 0.235. The number of alkyl halides is 3. The van der Waals surface area contributed by atoms with E-state index in [0.717, 1.165) is 5.69 Å². The Balaban J connectivity index is 2.24. The van der Waals surface area contributed by atoms with Gasteiger partial charge in [0.05, 0.1) is 6.42 Å². The SMILES string of the molecule is C[C@@H](CNc1ccccc1)NC(=O)CCC(F)(F)F. The molecule has 1 amide bonds. The first-order valence-electron chi connectivity index (χ1n) is 6.02. The van der Waals surface area contributed by atoms with Crippen molar-refractivity contribution in [3.05, 3.63) is 30.3 Å². The van der Waals surface area contributed by atoms with Crippen LogP contribution in [0.15, 0.2) is 30.3 Å². The van der Waals surface area contributed by atoms with E-state index in [1.54, 1.807) is 6.92 Å². The third-order valence-corrected chi connectivity index (χ3v) is 2.43. The number of amides is 1. The van der Waals surface area contributed by atoms with Crippen LogP contribution in [-0.2, 0) is 4.79 Å². The zero-order valence-corrected chi connectivity index (χ0v) is 10.6. The predicted molar refractivity (Wildman–Crippen MR) is 67.8 cm³/mol. The minimum Gasteiger partial charge on any atom is -0.383 e. The monoisotopic (exact) mass is 274 g/mol. The molecule has 0 aliphatic heterocycles. The van der Waals surface area contributed by atoms with Gasteiger partial charge >= 0.3 is 6.18 Å². The second kappa shape index (κ2) is 7.01. The van der Waals surface area contributed by atoms with Crippen molar-refractivity contribution >= 4 is 11.6 Å². The maximum absolute atomic E-state index is 11.9. The topological polar surface area (TPSA) is 41.1 Å². The minimum atomic E-state index is -4.29. The molecule has 0 unspecified atom stereocenters. The van der Waals surface area contributed by atoms with E-state index in [1.807, 2.05) is 30.3 Å². The van der Waals surface area contributed by atoms with Gasteiger partial charge in [-0.05, 0) is 19.1 Å². The fourth-order valence-corrected chi connectivity index (χ4v) is 1.48. The lowest BCUT2D eigenvalue weighted by molar-refractivity contribution is -0.144. The number of hydrogen-bond acceptors (Lipinski definition) is 2. The van der Waals surface area contributed by atoms with Crippen molar-refractivity contribution in [3.8, 4) is 0 Å². The first-order valence-corrected chi connectivity index (χ1v) is 6.02. The van der Waals surface area contributed by atoms with Crippen molar-refractivity contribution in [2.75, 3.05) is 11.9 Å². The molecule has 0 bridgehead atoms. The molecule has 1 rings (SSSR count). The van der Waals surface area contributed by atoms with Crippen molar-refractivity contribution in [2.24, 2.45) is 0 Å². The Morgan fingerprint density at radius 3 is 2.47 bits per heavy atom. The number of carbonyl (C=O) groups is 1. The number of nitrogens with one attached hydrogen (secondary N) is 2. The molecular formula is C13H17F3N2O. The lowest BCUT2D eigenvalue weighted by atomic mass is 10.2. The summed E-state index contributed by atoms with van der Waals surface area (Å²) in [4.78, 5) is 11.3. The van der Waals surface area contributed by atoms with Crippen LogP contribution in [-0.4, -0.2) is 24.7 Å². The number of halogens is 3. The molecule has 1 atom stereocenters. The highest BCUT2D eigenvalue weighted by molar-refractivity contribution is 5.76. The van der Waals surface area contributed by atoms with Crippen LogP contribution in [0.4, 0.5) is 18.9 Å². The lowest BCUT2D eigenvalue weighted by Gasteiger charge is -2.16. The Morgan fingerprint density at radius 2 is 1.89 bits per heavy atom. The Morgan fingerprint density at radius 1 is 1.26 bits per heavy atom. The summed E-state index contributed by atoms with van der Waals surface area (Å²) in [6, 6.07) is 9.13. The zero-order valence-electron chi connectivity index (χ0n) is 10.6. The number of carbonyl (C=O) groups excluding carboxylic acids is 1. The number of benzene rings is 1. The summed E-state index contributed by atoms with van der Waals surface area (Å²) in [7, 11) is 0. The molecule has 0 aliphatic rings. The van der Waals surface area contributed by atoms with Crippen LogP contribution in [0.1, 0.15) is 19.8 Å². The van der Waals surface area contributed by atoms with E-state index >= 15 is 0 Å². The van der Waals surface area contributed by atoms with Crippen molar-refractivity contribution in [2.45, 2.75) is 32.0 Å². The summed E-state index contributed by atoms with van der Waals surface area (Å²) in [6.07, 6.45) is -5.90. The third-order valence-electron chi connectivity index (χ3n) is 2.43. The molecule has 0 aliphatic carbocycles. The highest BCUT2D eigenvalue weighted by Gasteiger charge is 2.28. The van der Waals surface area contributed by atoms with Crippen LogP contribution in [0.2, 0.25) is 0 Å². The summed E-state index contributed by atoms with van der Waals surface area (Å²) in [5.74, 6) is -0.584. The third kappa shape index (κ3) is 7.33. The van der Waals surface area contributed by atoms with Crippen molar-refractivity contribution < 1.29 is 18.0 Å². The first kappa shape index (κ1) is 15.3. The highest BCUT2D eigenvalue weighted by atomic mass is 19.4. The fraction of sp³-hybridized carbons (Fsp3) is 0.462. The van der Waals surface area contributed by atoms with Crippen LogP contribution in [0, 0.1) is 0 Å². The molecular weight excluding hydrogens is 257 g/mol. The summed E-state index contributed by atoms with van der Waals surface area (Å²) in [6.45, 7) is 2.20. The first-order chi connectivity index (χ1) is 8.87. The molecule has 1 aromatic carbocycles. The van der Waals surface area contributed by atoms with Gasteiger partial charge in [-0.2, -0.15) is 13.2 Å². The van der Waals surface area contributed by atoms with Gasteiger partial charge in [0.2, 0.25) is 5.91 Å². The van der Waals surface area contributed by atoms with E-state index in [4.69, 9.17) is 0 Å².